The first kappa shape index (κ1) is 22.8. The van der Waals surface area contributed by atoms with Gasteiger partial charge in [0.2, 0.25) is 5.75 Å². The van der Waals surface area contributed by atoms with E-state index in [2.05, 4.69) is 9.97 Å². The molecule has 11 heteroatoms. The molecule has 4 heterocycles. The number of rotatable bonds is 4. The Morgan fingerprint density at radius 2 is 2.03 bits per heavy atom. The number of hydrogen-bond donors (Lipinski definition) is 0. The summed E-state index contributed by atoms with van der Waals surface area (Å²) in [5.41, 5.74) is 0.213. The maximum Gasteiger partial charge on any atom is 0.410 e. The van der Waals surface area contributed by atoms with E-state index in [9.17, 15) is 9.18 Å². The largest absolute Gasteiger partial charge is 0.483 e. The van der Waals surface area contributed by atoms with Crippen LogP contribution < -0.4 is 14.4 Å². The number of ether oxygens (including phenoxy) is 4. The summed E-state index contributed by atoms with van der Waals surface area (Å²) >= 11 is 0. The van der Waals surface area contributed by atoms with E-state index in [-0.39, 0.29) is 47.7 Å². The SMILES string of the molecule is CC1(OC(=O)N2CC3COCC(C2)C3Oc2ncnc3c2OCCN3c2ccc(C#N)cc2F)CC1. The molecule has 10 nitrogen and oxygen atoms in total. The number of hydrogen-bond acceptors (Lipinski definition) is 9. The van der Waals surface area contributed by atoms with Crippen LogP contribution in [0, 0.1) is 29.0 Å². The number of nitrogens with zero attached hydrogens (tertiary/aromatic N) is 5. The minimum absolute atomic E-state index is 0.0571. The van der Waals surface area contributed by atoms with E-state index >= 15 is 0 Å². The second-order valence-corrected chi connectivity index (χ2v) is 9.97. The van der Waals surface area contributed by atoms with Crippen LogP contribution in [0.4, 0.5) is 20.7 Å². The van der Waals surface area contributed by atoms with E-state index in [1.165, 1.54) is 12.4 Å². The number of benzene rings is 1. The molecule has 2 aromatic rings. The molecule has 2 unspecified atom stereocenters. The third-order valence-electron chi connectivity index (χ3n) is 7.23. The molecule has 0 spiro atoms. The molecule has 6 rings (SSSR count). The van der Waals surface area contributed by atoms with Gasteiger partial charge in [0.1, 0.15) is 30.5 Å². The van der Waals surface area contributed by atoms with Crippen LogP contribution in [0.15, 0.2) is 24.5 Å². The molecular formula is C25H26FN5O5. The van der Waals surface area contributed by atoms with Crippen molar-refractivity contribution in [1.82, 2.24) is 14.9 Å². The molecule has 1 saturated carbocycles. The number of amides is 1. The molecule has 188 valence electrons. The minimum atomic E-state index is -0.519. The number of nitriles is 1. The Kier molecular flexibility index (Phi) is 5.56. The van der Waals surface area contributed by atoms with Crippen molar-refractivity contribution in [1.29, 1.82) is 5.26 Å². The first-order valence-corrected chi connectivity index (χ1v) is 12.1. The van der Waals surface area contributed by atoms with E-state index in [0.717, 1.165) is 12.8 Å². The lowest BCUT2D eigenvalue weighted by atomic mass is 9.84. The van der Waals surface area contributed by atoms with Crippen molar-refractivity contribution in [2.45, 2.75) is 31.5 Å². The Balaban J connectivity index is 1.23. The lowest BCUT2D eigenvalue weighted by Gasteiger charge is -2.46. The lowest BCUT2D eigenvalue weighted by molar-refractivity contribution is -0.112. The molecule has 36 heavy (non-hydrogen) atoms. The predicted molar refractivity (Wildman–Crippen MR) is 124 cm³/mol. The van der Waals surface area contributed by atoms with Crippen LogP contribution in [0.5, 0.6) is 11.6 Å². The molecule has 0 N–H and O–H groups in total. The van der Waals surface area contributed by atoms with Crippen LogP contribution in [-0.2, 0) is 9.47 Å². The summed E-state index contributed by atoms with van der Waals surface area (Å²) in [7, 11) is 0. The van der Waals surface area contributed by atoms with E-state index in [4.69, 9.17) is 24.2 Å². The summed E-state index contributed by atoms with van der Waals surface area (Å²) in [6.45, 7) is 4.47. The summed E-state index contributed by atoms with van der Waals surface area (Å²) in [5, 5.41) is 9.06. The highest BCUT2D eigenvalue weighted by Gasteiger charge is 2.47. The smallest absolute Gasteiger partial charge is 0.410 e. The Labute approximate surface area is 207 Å². The standard InChI is InChI=1S/C25H26FN5O5/c1-25(4-5-25)36-24(32)30-10-16-12-33-13-17(11-30)20(16)35-23-21-22(28-14-29-23)31(6-7-34-21)19-3-2-15(9-27)8-18(19)26/h2-3,8,14,16-17,20H,4-7,10-13H2,1H3. The monoisotopic (exact) mass is 495 g/mol. The second-order valence-electron chi connectivity index (χ2n) is 9.97. The molecule has 1 aromatic heterocycles. The highest BCUT2D eigenvalue weighted by atomic mass is 19.1. The molecule has 2 saturated heterocycles. The van der Waals surface area contributed by atoms with Crippen molar-refractivity contribution >= 4 is 17.6 Å². The van der Waals surface area contributed by atoms with Crippen molar-refractivity contribution in [3.63, 3.8) is 0 Å². The maximum absolute atomic E-state index is 14.8. The normalized spacial score (nSPS) is 25.8. The van der Waals surface area contributed by atoms with Crippen molar-refractivity contribution in [2.75, 3.05) is 44.4 Å². The third kappa shape index (κ3) is 4.15. The summed E-state index contributed by atoms with van der Waals surface area (Å²) in [5.74, 6) is 0.387. The van der Waals surface area contributed by atoms with Gasteiger partial charge in [-0.05, 0) is 38.0 Å². The zero-order chi connectivity index (χ0) is 24.9. The molecule has 1 aliphatic carbocycles. The molecule has 1 amide bonds. The van der Waals surface area contributed by atoms with Gasteiger partial charge >= 0.3 is 6.09 Å². The number of anilines is 2. The van der Waals surface area contributed by atoms with Crippen LogP contribution in [0.25, 0.3) is 0 Å². The topological polar surface area (TPSA) is 110 Å². The van der Waals surface area contributed by atoms with Crippen molar-refractivity contribution < 1.29 is 28.1 Å². The Hall–Kier alpha value is -3.65. The summed E-state index contributed by atoms with van der Waals surface area (Å²) < 4.78 is 38.5. The number of halogens is 1. The fourth-order valence-electron chi connectivity index (χ4n) is 5.05. The fourth-order valence-corrected chi connectivity index (χ4v) is 5.05. The highest BCUT2D eigenvalue weighted by molar-refractivity contribution is 5.70. The molecular weight excluding hydrogens is 469 g/mol. The first-order chi connectivity index (χ1) is 17.4. The van der Waals surface area contributed by atoms with Crippen LogP contribution in [-0.4, -0.2) is 72.1 Å². The minimum Gasteiger partial charge on any atom is -0.483 e. The van der Waals surface area contributed by atoms with E-state index < -0.39 is 5.82 Å². The molecule has 0 radical (unpaired) electrons. The van der Waals surface area contributed by atoms with Gasteiger partial charge in [0.05, 0.1) is 37.1 Å². The Morgan fingerprint density at radius 3 is 2.72 bits per heavy atom. The van der Waals surface area contributed by atoms with Gasteiger partial charge in [-0.15, -0.1) is 0 Å². The second kappa shape index (κ2) is 8.78. The van der Waals surface area contributed by atoms with Gasteiger partial charge in [0.15, 0.2) is 5.82 Å². The van der Waals surface area contributed by atoms with Gasteiger partial charge < -0.3 is 28.7 Å². The average molecular weight is 496 g/mol. The van der Waals surface area contributed by atoms with E-state index in [0.29, 0.717) is 50.1 Å². The van der Waals surface area contributed by atoms with Gasteiger partial charge in [-0.1, -0.05) is 0 Å². The maximum atomic E-state index is 14.8. The zero-order valence-corrected chi connectivity index (χ0v) is 19.9. The molecule has 4 aliphatic rings. The first-order valence-electron chi connectivity index (χ1n) is 12.1. The van der Waals surface area contributed by atoms with Gasteiger partial charge in [-0.25, -0.2) is 14.2 Å². The lowest BCUT2D eigenvalue weighted by Crippen LogP contribution is -2.59. The number of aromatic nitrogens is 2. The Morgan fingerprint density at radius 1 is 1.25 bits per heavy atom. The number of carbonyl (C=O) groups excluding carboxylic acids is 1. The highest BCUT2D eigenvalue weighted by Crippen LogP contribution is 2.43. The van der Waals surface area contributed by atoms with E-state index in [1.807, 2.05) is 13.0 Å². The summed E-state index contributed by atoms with van der Waals surface area (Å²) in [6, 6.07) is 6.27. The number of carbonyl (C=O) groups is 1. The number of fused-ring (bicyclic) bond motifs is 3. The number of piperidine rings is 1. The summed E-state index contributed by atoms with van der Waals surface area (Å²) in [4.78, 5) is 24.8. The molecule has 3 aliphatic heterocycles. The van der Waals surface area contributed by atoms with E-state index in [1.54, 1.807) is 21.9 Å². The van der Waals surface area contributed by atoms with Crippen LogP contribution in [0.3, 0.4) is 0 Å². The van der Waals surface area contributed by atoms with Crippen LogP contribution in [0.1, 0.15) is 25.3 Å². The molecule has 1 aromatic carbocycles. The fraction of sp³-hybridized carbons (Fsp3) is 0.520. The summed E-state index contributed by atoms with van der Waals surface area (Å²) in [6.07, 6.45) is 2.65. The quantitative estimate of drug-likeness (QED) is 0.632. The number of likely N-dealkylation sites (tertiary alicyclic amines) is 1. The Bertz CT molecular complexity index is 1220. The van der Waals surface area contributed by atoms with Crippen molar-refractivity contribution in [2.24, 2.45) is 11.8 Å². The van der Waals surface area contributed by atoms with Gasteiger partial charge in [-0.2, -0.15) is 10.2 Å². The zero-order valence-electron chi connectivity index (χ0n) is 19.9. The molecule has 2 atom stereocenters. The third-order valence-corrected chi connectivity index (χ3v) is 7.23. The van der Waals surface area contributed by atoms with Gasteiger partial charge in [0, 0.05) is 24.9 Å². The van der Waals surface area contributed by atoms with Crippen molar-refractivity contribution in [3.8, 4) is 17.7 Å². The van der Waals surface area contributed by atoms with Crippen molar-refractivity contribution in [3.05, 3.63) is 35.9 Å². The average Bonchev–Trinajstić information content (AvgIpc) is 3.60. The molecule has 2 bridgehead atoms. The van der Waals surface area contributed by atoms with Gasteiger partial charge in [-0.3, -0.25) is 0 Å². The predicted octanol–water partition coefficient (Wildman–Crippen LogP) is 3.03. The van der Waals surface area contributed by atoms with Gasteiger partial charge in [0.25, 0.3) is 5.88 Å². The molecule has 3 fully saturated rings. The van der Waals surface area contributed by atoms with Crippen LogP contribution in [0.2, 0.25) is 0 Å². The van der Waals surface area contributed by atoms with Crippen LogP contribution >= 0.6 is 0 Å².